The second-order valence-corrected chi connectivity index (χ2v) is 4.55. The third-order valence-corrected chi connectivity index (χ3v) is 3.06. The Morgan fingerprint density at radius 1 is 1.05 bits per heavy atom. The van der Waals surface area contributed by atoms with E-state index in [1.54, 1.807) is 0 Å². The molecule has 1 rings (SSSR count). The van der Waals surface area contributed by atoms with Gasteiger partial charge in [-0.05, 0) is 6.07 Å². The fraction of sp³-hybridized carbons (Fsp3) is 0.111. The summed E-state index contributed by atoms with van der Waals surface area (Å²) in [7, 11) is 0. The summed E-state index contributed by atoms with van der Waals surface area (Å²) in [6.07, 6.45) is -4.71. The molecule has 0 aliphatic heterocycles. The van der Waals surface area contributed by atoms with Crippen molar-refractivity contribution in [3.63, 3.8) is 0 Å². The molecule has 5 nitrogen and oxygen atoms in total. The lowest BCUT2D eigenvalue weighted by molar-refractivity contribution is -0.137. The number of guanidine groups is 2. The topological polar surface area (TPSA) is 103 Å². The summed E-state index contributed by atoms with van der Waals surface area (Å²) >= 11 is 16.9. The molecule has 0 amide bonds. The number of rotatable bonds is 1. The first kappa shape index (κ1) is 16.7. The molecule has 110 valence electrons. The summed E-state index contributed by atoms with van der Waals surface area (Å²) in [5.74, 6) is -0.832. The molecule has 0 radical (unpaired) electrons. The van der Waals surface area contributed by atoms with E-state index in [1.807, 2.05) is 0 Å². The zero-order chi connectivity index (χ0) is 15.7. The Kier molecular flexibility index (Phi) is 4.95. The molecule has 0 bridgehead atoms. The highest BCUT2D eigenvalue weighted by Crippen LogP contribution is 2.45. The van der Waals surface area contributed by atoms with Gasteiger partial charge in [0.25, 0.3) is 0 Å². The van der Waals surface area contributed by atoms with Gasteiger partial charge in [-0.15, -0.1) is 0 Å². The highest BCUT2D eigenvalue weighted by molar-refractivity contribution is 6.46. The molecular weight excluding hydrogens is 341 g/mol. The van der Waals surface area contributed by atoms with Gasteiger partial charge in [-0.2, -0.15) is 18.2 Å². The Balaban J connectivity index is 3.46. The fourth-order valence-electron chi connectivity index (χ4n) is 1.17. The van der Waals surface area contributed by atoms with E-state index in [0.717, 1.165) is 0 Å². The van der Waals surface area contributed by atoms with Gasteiger partial charge in [0.15, 0.2) is 5.96 Å². The molecular formula is C9H7Cl3F3N5. The van der Waals surface area contributed by atoms with Crippen molar-refractivity contribution >= 4 is 52.4 Å². The molecule has 1 aromatic rings. The summed E-state index contributed by atoms with van der Waals surface area (Å²) < 4.78 is 38.0. The van der Waals surface area contributed by atoms with Crippen molar-refractivity contribution in [3.8, 4) is 0 Å². The molecule has 0 saturated carbocycles. The minimum Gasteiger partial charge on any atom is -0.370 e. The number of alkyl halides is 3. The van der Waals surface area contributed by atoms with Gasteiger partial charge in [0.05, 0.1) is 20.6 Å². The van der Waals surface area contributed by atoms with Crippen molar-refractivity contribution in [3.05, 3.63) is 26.7 Å². The molecule has 11 heteroatoms. The largest absolute Gasteiger partial charge is 0.417 e. The third-order valence-electron chi connectivity index (χ3n) is 1.91. The Morgan fingerprint density at radius 2 is 1.60 bits per heavy atom. The number of halogens is 6. The Bertz CT molecular complexity index is 593. The van der Waals surface area contributed by atoms with Crippen LogP contribution in [0.1, 0.15) is 5.56 Å². The third kappa shape index (κ3) is 3.81. The highest BCUT2D eigenvalue weighted by Gasteiger charge is 2.35. The smallest absolute Gasteiger partial charge is 0.370 e. The maximum Gasteiger partial charge on any atom is 0.417 e. The van der Waals surface area contributed by atoms with Crippen molar-refractivity contribution in [2.24, 2.45) is 27.2 Å². The van der Waals surface area contributed by atoms with Crippen molar-refractivity contribution < 1.29 is 13.2 Å². The van der Waals surface area contributed by atoms with E-state index in [4.69, 9.17) is 52.0 Å². The first-order chi connectivity index (χ1) is 9.04. The number of aliphatic imine (C=N–C) groups is 2. The Hall–Kier alpha value is -1.38. The van der Waals surface area contributed by atoms with Gasteiger partial charge in [0, 0.05) is 0 Å². The normalized spacial score (nSPS) is 12.4. The maximum absolute atomic E-state index is 12.7. The van der Waals surface area contributed by atoms with Crippen LogP contribution in [-0.2, 0) is 6.18 Å². The number of benzene rings is 1. The van der Waals surface area contributed by atoms with Crippen molar-refractivity contribution in [1.82, 2.24) is 0 Å². The SMILES string of the molecule is NC(N)=NC(N)=Nc1c(Cl)cc(C(F)(F)F)c(Cl)c1Cl. The van der Waals surface area contributed by atoms with E-state index in [9.17, 15) is 13.2 Å². The molecule has 0 heterocycles. The van der Waals surface area contributed by atoms with Gasteiger partial charge in [0.2, 0.25) is 5.96 Å². The molecule has 0 fully saturated rings. The standard InChI is InChI=1S/C9H7Cl3F3N5/c10-3-1-2(9(13,14)15)4(11)5(12)6(3)19-8(18)20-7(16)17/h1H,(H6,16,17,18,19,20). The molecule has 0 aromatic heterocycles. The van der Waals surface area contributed by atoms with Crippen molar-refractivity contribution in [1.29, 1.82) is 0 Å². The van der Waals surface area contributed by atoms with Gasteiger partial charge in [-0.1, -0.05) is 34.8 Å². The molecule has 0 saturated heterocycles. The molecule has 0 aliphatic carbocycles. The average Bonchev–Trinajstić information content (AvgIpc) is 2.26. The number of nitrogens with zero attached hydrogens (tertiary/aromatic N) is 2. The lowest BCUT2D eigenvalue weighted by Gasteiger charge is -2.12. The Morgan fingerprint density at radius 3 is 2.05 bits per heavy atom. The predicted molar refractivity (Wildman–Crippen MR) is 73.6 cm³/mol. The molecule has 1 aromatic carbocycles. The quantitative estimate of drug-likeness (QED) is 0.413. The predicted octanol–water partition coefficient (Wildman–Crippen LogP) is 2.89. The molecule has 0 spiro atoms. The molecule has 0 atom stereocenters. The zero-order valence-corrected chi connectivity index (χ0v) is 11.7. The number of hydrogen-bond donors (Lipinski definition) is 3. The lowest BCUT2D eigenvalue weighted by Crippen LogP contribution is -2.26. The highest BCUT2D eigenvalue weighted by atomic mass is 35.5. The van der Waals surface area contributed by atoms with Crippen LogP contribution in [0.15, 0.2) is 16.1 Å². The van der Waals surface area contributed by atoms with E-state index in [1.165, 1.54) is 0 Å². The lowest BCUT2D eigenvalue weighted by atomic mass is 10.2. The van der Waals surface area contributed by atoms with Gasteiger partial charge in [-0.3, -0.25) is 0 Å². The van der Waals surface area contributed by atoms with Gasteiger partial charge in [-0.25, -0.2) is 4.99 Å². The van der Waals surface area contributed by atoms with Gasteiger partial charge < -0.3 is 17.2 Å². The first-order valence-corrected chi connectivity index (χ1v) is 5.86. The fourth-order valence-corrected chi connectivity index (χ4v) is 1.96. The maximum atomic E-state index is 12.7. The summed E-state index contributed by atoms with van der Waals surface area (Å²) in [5.41, 5.74) is 14.0. The first-order valence-electron chi connectivity index (χ1n) is 4.72. The van der Waals surface area contributed by atoms with Crippen LogP contribution in [0.4, 0.5) is 18.9 Å². The van der Waals surface area contributed by atoms with Crippen LogP contribution in [0.3, 0.4) is 0 Å². The molecule has 20 heavy (non-hydrogen) atoms. The van der Waals surface area contributed by atoms with E-state index in [-0.39, 0.29) is 5.69 Å². The zero-order valence-electron chi connectivity index (χ0n) is 9.47. The van der Waals surface area contributed by atoms with E-state index in [0.29, 0.717) is 6.07 Å². The van der Waals surface area contributed by atoms with Gasteiger partial charge in [0.1, 0.15) is 5.69 Å². The second-order valence-electron chi connectivity index (χ2n) is 3.39. The van der Waals surface area contributed by atoms with Crippen LogP contribution in [0.5, 0.6) is 0 Å². The average molecular weight is 349 g/mol. The van der Waals surface area contributed by atoms with Crippen LogP contribution in [-0.4, -0.2) is 11.9 Å². The number of nitrogens with two attached hydrogens (primary N) is 3. The van der Waals surface area contributed by atoms with Crippen LogP contribution >= 0.6 is 34.8 Å². The van der Waals surface area contributed by atoms with Crippen LogP contribution < -0.4 is 17.2 Å². The summed E-state index contributed by atoms with van der Waals surface area (Å²) in [5, 5.41) is -1.67. The van der Waals surface area contributed by atoms with E-state index in [2.05, 4.69) is 9.98 Å². The van der Waals surface area contributed by atoms with Gasteiger partial charge >= 0.3 is 6.18 Å². The monoisotopic (exact) mass is 347 g/mol. The van der Waals surface area contributed by atoms with Crippen molar-refractivity contribution in [2.75, 3.05) is 0 Å². The minimum atomic E-state index is -4.71. The summed E-state index contributed by atoms with van der Waals surface area (Å²) in [6.45, 7) is 0. The van der Waals surface area contributed by atoms with E-state index < -0.39 is 38.7 Å². The Labute approximate surface area is 126 Å². The minimum absolute atomic E-state index is 0.270. The second kappa shape index (κ2) is 5.94. The van der Waals surface area contributed by atoms with Crippen LogP contribution in [0.25, 0.3) is 0 Å². The molecule has 0 unspecified atom stereocenters. The molecule has 0 aliphatic rings. The van der Waals surface area contributed by atoms with Crippen LogP contribution in [0, 0.1) is 0 Å². The van der Waals surface area contributed by atoms with E-state index >= 15 is 0 Å². The molecule has 6 N–H and O–H groups in total. The summed E-state index contributed by atoms with van der Waals surface area (Å²) in [6, 6.07) is 0.581. The summed E-state index contributed by atoms with van der Waals surface area (Å²) in [4.78, 5) is 6.99. The van der Waals surface area contributed by atoms with Crippen LogP contribution in [0.2, 0.25) is 15.1 Å². The number of hydrogen-bond acceptors (Lipinski definition) is 1. The van der Waals surface area contributed by atoms with Crippen molar-refractivity contribution in [2.45, 2.75) is 6.18 Å².